The van der Waals surface area contributed by atoms with Crippen LogP contribution in [0.3, 0.4) is 0 Å². The van der Waals surface area contributed by atoms with Crippen LogP contribution in [0.2, 0.25) is 0 Å². The Morgan fingerprint density at radius 2 is 1.33 bits per heavy atom. The average Bonchev–Trinajstić information content (AvgIpc) is 2.59. The molecule has 21 heavy (non-hydrogen) atoms. The molecule has 1 aliphatic heterocycles. The van der Waals surface area contributed by atoms with Gasteiger partial charge in [-0.05, 0) is 42.2 Å². The number of hydrogen-bond acceptors (Lipinski definition) is 3. The molecular formula is C17H20PS3+. The van der Waals surface area contributed by atoms with E-state index in [0.717, 1.165) is 0 Å². The fourth-order valence-electron chi connectivity index (χ4n) is 2.67. The zero-order chi connectivity index (χ0) is 14.5. The van der Waals surface area contributed by atoms with E-state index in [4.69, 9.17) is 0 Å². The second-order valence-corrected chi connectivity index (χ2v) is 14.4. The molecule has 2 aromatic rings. The van der Waals surface area contributed by atoms with Gasteiger partial charge in [0.05, 0.1) is 0 Å². The molecule has 0 spiro atoms. The Balaban J connectivity index is 2.12. The maximum absolute atomic E-state index is 2.34. The third kappa shape index (κ3) is 3.17. The second kappa shape index (κ2) is 7.46. The van der Waals surface area contributed by atoms with Gasteiger partial charge in [-0.3, -0.25) is 0 Å². The number of rotatable bonds is 4. The van der Waals surface area contributed by atoms with Gasteiger partial charge in [-0.1, -0.05) is 36.4 Å². The first kappa shape index (κ1) is 15.8. The van der Waals surface area contributed by atoms with Crippen molar-refractivity contribution in [2.24, 2.45) is 0 Å². The van der Waals surface area contributed by atoms with Gasteiger partial charge >= 0.3 is 0 Å². The summed E-state index contributed by atoms with van der Waals surface area (Å²) in [6, 6.07) is 22.4. The minimum atomic E-state index is -1.41. The molecule has 0 N–H and O–H groups in total. The van der Waals surface area contributed by atoms with Crippen LogP contribution in [0.1, 0.15) is 6.42 Å². The molecule has 110 valence electrons. The highest BCUT2D eigenvalue weighted by Gasteiger charge is 2.52. The standard InChI is InChI=1S/C17H20PS3/c1-19-18(15-9-4-2-5-10-15,16-11-6-3-7-12-16)17-20-13-8-14-21-17/h2-7,9-12,17H,8,13-14H2,1H3/q+1. The lowest BCUT2D eigenvalue weighted by Crippen LogP contribution is -2.27. The Bertz CT molecular complexity index is 513. The van der Waals surface area contributed by atoms with E-state index in [2.05, 4.69) is 102 Å². The van der Waals surface area contributed by atoms with Crippen LogP contribution in [0.15, 0.2) is 60.7 Å². The number of benzene rings is 2. The summed E-state index contributed by atoms with van der Waals surface area (Å²) in [5.41, 5.74) is 0. The third-order valence-electron chi connectivity index (χ3n) is 3.67. The minimum absolute atomic E-state index is 0.686. The summed E-state index contributed by atoms with van der Waals surface area (Å²) in [5.74, 6) is 2.61. The summed E-state index contributed by atoms with van der Waals surface area (Å²) in [4.78, 5) is 0. The third-order valence-corrected chi connectivity index (χ3v) is 16.6. The molecule has 2 aromatic carbocycles. The van der Waals surface area contributed by atoms with Gasteiger partial charge in [0, 0.05) is 17.6 Å². The van der Waals surface area contributed by atoms with Gasteiger partial charge in [-0.2, -0.15) is 0 Å². The van der Waals surface area contributed by atoms with Gasteiger partial charge in [-0.15, -0.1) is 23.5 Å². The van der Waals surface area contributed by atoms with E-state index >= 15 is 0 Å². The van der Waals surface area contributed by atoms with Gasteiger partial charge in [0.25, 0.3) is 0 Å². The van der Waals surface area contributed by atoms with Gasteiger partial charge in [0.1, 0.15) is 10.6 Å². The van der Waals surface area contributed by atoms with Crippen LogP contribution in [-0.2, 0) is 0 Å². The van der Waals surface area contributed by atoms with Crippen molar-refractivity contribution in [2.75, 3.05) is 17.8 Å². The zero-order valence-electron chi connectivity index (χ0n) is 12.1. The van der Waals surface area contributed by atoms with Crippen molar-refractivity contribution in [3.8, 4) is 0 Å². The van der Waals surface area contributed by atoms with Gasteiger partial charge < -0.3 is 0 Å². The first-order chi connectivity index (χ1) is 10.4. The van der Waals surface area contributed by atoms with E-state index in [1.54, 1.807) is 0 Å². The summed E-state index contributed by atoms with van der Waals surface area (Å²) in [5, 5.41) is 3.08. The smallest absolute Gasteiger partial charge is 0.105 e. The summed E-state index contributed by atoms with van der Waals surface area (Å²) in [6.07, 6.45) is 3.66. The lowest BCUT2D eigenvalue weighted by atomic mass is 10.4. The average molecular weight is 352 g/mol. The predicted molar refractivity (Wildman–Crippen MR) is 106 cm³/mol. The summed E-state index contributed by atoms with van der Waals surface area (Å²) >= 11 is 6.45. The van der Waals surface area contributed by atoms with Crippen LogP contribution in [0.5, 0.6) is 0 Å². The largest absolute Gasteiger partial charge is 0.179 e. The predicted octanol–water partition coefficient (Wildman–Crippen LogP) is 5.09. The molecule has 0 bridgehead atoms. The Kier molecular flexibility index (Phi) is 5.61. The van der Waals surface area contributed by atoms with Crippen LogP contribution in [0.25, 0.3) is 0 Å². The van der Waals surface area contributed by atoms with Gasteiger partial charge in [-0.25, -0.2) is 0 Å². The first-order valence-electron chi connectivity index (χ1n) is 7.17. The molecule has 0 amide bonds. The van der Waals surface area contributed by atoms with Crippen LogP contribution in [0.4, 0.5) is 0 Å². The van der Waals surface area contributed by atoms with Crippen molar-refractivity contribution >= 4 is 52.0 Å². The Labute approximate surface area is 141 Å². The lowest BCUT2D eigenvalue weighted by Gasteiger charge is -2.33. The van der Waals surface area contributed by atoms with Crippen molar-refractivity contribution < 1.29 is 0 Å². The quantitative estimate of drug-likeness (QED) is 0.705. The normalized spacial score (nSPS) is 16.8. The molecule has 3 rings (SSSR count). The molecule has 0 aliphatic carbocycles. The van der Waals surface area contributed by atoms with E-state index in [-0.39, 0.29) is 0 Å². The monoisotopic (exact) mass is 351 g/mol. The fraction of sp³-hybridized carbons (Fsp3) is 0.294. The molecule has 0 saturated carbocycles. The second-order valence-electron chi connectivity index (χ2n) is 4.91. The first-order valence-corrected chi connectivity index (χ1v) is 13.0. The van der Waals surface area contributed by atoms with Gasteiger partial charge in [0.15, 0.2) is 10.8 Å². The molecule has 0 aromatic heterocycles. The Morgan fingerprint density at radius 1 is 0.857 bits per heavy atom. The highest BCUT2D eigenvalue weighted by molar-refractivity contribution is 8.70. The van der Waals surface area contributed by atoms with Crippen LogP contribution in [0, 0.1) is 0 Å². The van der Waals surface area contributed by atoms with E-state index in [1.165, 1.54) is 28.5 Å². The van der Waals surface area contributed by atoms with Crippen molar-refractivity contribution in [1.82, 2.24) is 0 Å². The van der Waals surface area contributed by atoms with Crippen LogP contribution < -0.4 is 10.6 Å². The van der Waals surface area contributed by atoms with Crippen molar-refractivity contribution in [1.29, 1.82) is 0 Å². The molecule has 1 aliphatic rings. The summed E-state index contributed by atoms with van der Waals surface area (Å²) in [7, 11) is 0. The number of hydrogen-bond donors (Lipinski definition) is 0. The van der Waals surface area contributed by atoms with E-state index in [9.17, 15) is 0 Å². The van der Waals surface area contributed by atoms with E-state index in [0.29, 0.717) is 4.32 Å². The number of thioether (sulfide) groups is 2. The summed E-state index contributed by atoms with van der Waals surface area (Å²) in [6.45, 7) is -1.41. The molecular weight excluding hydrogens is 331 g/mol. The van der Waals surface area contributed by atoms with Crippen LogP contribution >= 0.6 is 41.4 Å². The maximum Gasteiger partial charge on any atom is 0.179 e. The highest BCUT2D eigenvalue weighted by atomic mass is 32.7. The topological polar surface area (TPSA) is 0 Å². The van der Waals surface area contributed by atoms with Crippen LogP contribution in [-0.4, -0.2) is 22.1 Å². The molecule has 4 heteroatoms. The van der Waals surface area contributed by atoms with Crippen molar-refractivity contribution in [3.05, 3.63) is 60.7 Å². The van der Waals surface area contributed by atoms with E-state index in [1.807, 2.05) is 0 Å². The summed E-state index contributed by atoms with van der Waals surface area (Å²) < 4.78 is 0.686. The SMILES string of the molecule is CS[P+](c1ccccc1)(c1ccccc1)C1SCCCS1. The Hall–Kier alpha value is -0.0800. The fourth-order valence-corrected chi connectivity index (χ4v) is 16.4. The molecule has 1 fully saturated rings. The highest BCUT2D eigenvalue weighted by Crippen LogP contribution is 2.75. The van der Waals surface area contributed by atoms with Crippen molar-refractivity contribution in [3.63, 3.8) is 0 Å². The molecule has 1 heterocycles. The maximum atomic E-state index is 2.34. The molecule has 0 nitrogen and oxygen atoms in total. The minimum Gasteiger partial charge on any atom is -0.105 e. The van der Waals surface area contributed by atoms with Gasteiger partial charge in [0.2, 0.25) is 0 Å². The van der Waals surface area contributed by atoms with Crippen molar-refractivity contribution in [2.45, 2.75) is 10.7 Å². The molecule has 0 unspecified atom stereocenters. The van der Waals surface area contributed by atoms with E-state index < -0.39 is 6.46 Å². The lowest BCUT2D eigenvalue weighted by molar-refractivity contribution is 1.12. The molecule has 0 atom stereocenters. The molecule has 1 saturated heterocycles. The molecule has 0 radical (unpaired) electrons. The Morgan fingerprint density at radius 3 is 1.76 bits per heavy atom. The zero-order valence-corrected chi connectivity index (χ0v) is 15.5.